The van der Waals surface area contributed by atoms with Gasteiger partial charge in [-0.05, 0) is 40.2 Å². The van der Waals surface area contributed by atoms with Crippen molar-refractivity contribution in [2.24, 2.45) is 0 Å². The number of halogens is 2. The largest absolute Gasteiger partial charge is 0.491 e. The van der Waals surface area contributed by atoms with Crippen molar-refractivity contribution < 1.29 is 19.0 Å². The normalized spacial score (nSPS) is 12.0. The van der Waals surface area contributed by atoms with Crippen LogP contribution in [0.3, 0.4) is 0 Å². The number of anilines is 1. The van der Waals surface area contributed by atoms with Gasteiger partial charge in [-0.1, -0.05) is 6.07 Å². The molecule has 6 heteroatoms. The zero-order valence-corrected chi connectivity index (χ0v) is 12.7. The van der Waals surface area contributed by atoms with E-state index in [0.717, 1.165) is 0 Å². The number of benzene rings is 2. The van der Waals surface area contributed by atoms with Gasteiger partial charge in [0, 0.05) is 17.8 Å². The summed E-state index contributed by atoms with van der Waals surface area (Å²) in [7, 11) is 0. The van der Waals surface area contributed by atoms with Crippen LogP contribution >= 0.6 is 15.9 Å². The van der Waals surface area contributed by atoms with Crippen LogP contribution in [0.1, 0.15) is 0 Å². The second-order valence-electron chi connectivity index (χ2n) is 4.42. The molecule has 0 radical (unpaired) electrons. The average Bonchev–Trinajstić information content (AvgIpc) is 2.46. The smallest absolute Gasteiger partial charge is 0.141 e. The predicted molar refractivity (Wildman–Crippen MR) is 82.0 cm³/mol. The highest BCUT2D eigenvalue weighted by Crippen LogP contribution is 2.21. The SMILES string of the molecule is Nc1cccc(OCC(O)COc2ccc(Br)c(F)c2)c1. The standard InChI is InChI=1S/C15H15BrFNO3/c16-14-5-4-13(7-15(14)17)21-9-11(19)8-20-12-3-1-2-10(18)6-12/h1-7,11,19H,8-9,18H2. The Kier molecular flexibility index (Phi) is 5.41. The Morgan fingerprint density at radius 1 is 1.10 bits per heavy atom. The molecule has 0 heterocycles. The summed E-state index contributed by atoms with van der Waals surface area (Å²) >= 11 is 3.06. The van der Waals surface area contributed by atoms with Gasteiger partial charge in [-0.15, -0.1) is 0 Å². The number of aliphatic hydroxyl groups excluding tert-OH is 1. The van der Waals surface area contributed by atoms with E-state index >= 15 is 0 Å². The van der Waals surface area contributed by atoms with Crippen molar-refractivity contribution in [1.82, 2.24) is 0 Å². The van der Waals surface area contributed by atoms with Crippen LogP contribution in [-0.4, -0.2) is 24.4 Å². The summed E-state index contributed by atoms with van der Waals surface area (Å²) in [5, 5.41) is 9.78. The molecule has 0 saturated carbocycles. The van der Waals surface area contributed by atoms with Crippen molar-refractivity contribution in [1.29, 1.82) is 0 Å². The minimum Gasteiger partial charge on any atom is -0.491 e. The number of nitrogen functional groups attached to an aromatic ring is 1. The Hall–Kier alpha value is -1.79. The fraction of sp³-hybridized carbons (Fsp3) is 0.200. The maximum absolute atomic E-state index is 13.3. The van der Waals surface area contributed by atoms with E-state index in [4.69, 9.17) is 15.2 Å². The first-order valence-electron chi connectivity index (χ1n) is 6.29. The van der Waals surface area contributed by atoms with Gasteiger partial charge in [0.15, 0.2) is 0 Å². The highest BCUT2D eigenvalue weighted by Gasteiger charge is 2.08. The van der Waals surface area contributed by atoms with Crippen LogP contribution in [0.5, 0.6) is 11.5 Å². The first-order valence-corrected chi connectivity index (χ1v) is 7.08. The Morgan fingerprint density at radius 3 is 2.38 bits per heavy atom. The molecule has 2 aromatic rings. The van der Waals surface area contributed by atoms with Crippen LogP contribution in [0.25, 0.3) is 0 Å². The van der Waals surface area contributed by atoms with E-state index in [2.05, 4.69) is 15.9 Å². The first kappa shape index (κ1) is 15.6. The van der Waals surface area contributed by atoms with Gasteiger partial charge in [-0.25, -0.2) is 4.39 Å². The van der Waals surface area contributed by atoms with Gasteiger partial charge in [0.1, 0.15) is 36.6 Å². The van der Waals surface area contributed by atoms with E-state index < -0.39 is 11.9 Å². The third-order valence-electron chi connectivity index (χ3n) is 2.63. The Labute approximate surface area is 130 Å². The van der Waals surface area contributed by atoms with E-state index in [1.807, 2.05) is 0 Å². The lowest BCUT2D eigenvalue weighted by Crippen LogP contribution is -2.25. The average molecular weight is 356 g/mol. The predicted octanol–water partition coefficient (Wildman–Crippen LogP) is 2.99. The van der Waals surface area contributed by atoms with Crippen LogP contribution in [-0.2, 0) is 0 Å². The molecule has 2 aromatic carbocycles. The molecule has 0 aliphatic heterocycles. The summed E-state index contributed by atoms with van der Waals surface area (Å²) in [6.07, 6.45) is -0.835. The summed E-state index contributed by atoms with van der Waals surface area (Å²) in [5.41, 5.74) is 6.21. The van der Waals surface area contributed by atoms with Crippen LogP contribution in [0.4, 0.5) is 10.1 Å². The highest BCUT2D eigenvalue weighted by molar-refractivity contribution is 9.10. The molecule has 0 aromatic heterocycles. The number of ether oxygens (including phenoxy) is 2. The van der Waals surface area contributed by atoms with Gasteiger partial charge >= 0.3 is 0 Å². The van der Waals surface area contributed by atoms with Gasteiger partial charge in [0.25, 0.3) is 0 Å². The number of nitrogens with two attached hydrogens (primary N) is 1. The molecule has 21 heavy (non-hydrogen) atoms. The third kappa shape index (κ3) is 4.91. The molecule has 0 bridgehead atoms. The van der Waals surface area contributed by atoms with Crippen molar-refractivity contribution in [2.45, 2.75) is 6.10 Å². The molecular formula is C15H15BrFNO3. The lowest BCUT2D eigenvalue weighted by Gasteiger charge is -2.14. The fourth-order valence-corrected chi connectivity index (χ4v) is 1.85. The lowest BCUT2D eigenvalue weighted by molar-refractivity contribution is 0.0625. The van der Waals surface area contributed by atoms with E-state index in [1.165, 1.54) is 6.07 Å². The van der Waals surface area contributed by atoms with Crippen molar-refractivity contribution in [3.05, 3.63) is 52.8 Å². The van der Waals surface area contributed by atoms with Crippen LogP contribution in [0.15, 0.2) is 46.9 Å². The lowest BCUT2D eigenvalue weighted by atomic mass is 10.3. The highest BCUT2D eigenvalue weighted by atomic mass is 79.9. The summed E-state index contributed by atoms with van der Waals surface area (Å²) in [4.78, 5) is 0. The quantitative estimate of drug-likeness (QED) is 0.781. The van der Waals surface area contributed by atoms with Crippen molar-refractivity contribution >= 4 is 21.6 Å². The van der Waals surface area contributed by atoms with Crippen molar-refractivity contribution in [2.75, 3.05) is 18.9 Å². The topological polar surface area (TPSA) is 64.7 Å². The molecule has 4 nitrogen and oxygen atoms in total. The minimum absolute atomic E-state index is 0.00336. The Morgan fingerprint density at radius 2 is 1.76 bits per heavy atom. The van der Waals surface area contributed by atoms with Gasteiger partial charge in [0.05, 0.1) is 4.47 Å². The van der Waals surface area contributed by atoms with E-state index in [1.54, 1.807) is 36.4 Å². The van der Waals surface area contributed by atoms with Gasteiger partial charge < -0.3 is 20.3 Å². The van der Waals surface area contributed by atoms with E-state index in [9.17, 15) is 9.50 Å². The van der Waals surface area contributed by atoms with Crippen molar-refractivity contribution in [3.63, 3.8) is 0 Å². The molecule has 112 valence electrons. The fourth-order valence-electron chi connectivity index (χ4n) is 1.60. The van der Waals surface area contributed by atoms with Gasteiger partial charge in [-0.2, -0.15) is 0 Å². The molecule has 0 aliphatic carbocycles. The zero-order valence-electron chi connectivity index (χ0n) is 11.1. The molecule has 1 atom stereocenters. The molecule has 0 amide bonds. The van der Waals surface area contributed by atoms with Crippen molar-refractivity contribution in [3.8, 4) is 11.5 Å². The number of aliphatic hydroxyl groups is 1. The third-order valence-corrected chi connectivity index (χ3v) is 3.28. The number of hydrogen-bond donors (Lipinski definition) is 2. The summed E-state index contributed by atoms with van der Waals surface area (Å²) in [6, 6.07) is 11.3. The number of rotatable bonds is 6. The van der Waals surface area contributed by atoms with Crippen LogP contribution < -0.4 is 15.2 Å². The van der Waals surface area contributed by atoms with Gasteiger partial charge in [-0.3, -0.25) is 0 Å². The minimum atomic E-state index is -0.835. The second kappa shape index (κ2) is 7.28. The maximum Gasteiger partial charge on any atom is 0.141 e. The van der Waals surface area contributed by atoms with Crippen LogP contribution in [0.2, 0.25) is 0 Å². The summed E-state index contributed by atoms with van der Waals surface area (Å²) in [6.45, 7) is 0.0614. The second-order valence-corrected chi connectivity index (χ2v) is 5.28. The van der Waals surface area contributed by atoms with Gasteiger partial charge in [0.2, 0.25) is 0 Å². The summed E-state index contributed by atoms with van der Waals surface area (Å²) in [5.74, 6) is 0.500. The molecule has 0 aliphatic rings. The molecular weight excluding hydrogens is 341 g/mol. The number of hydrogen-bond acceptors (Lipinski definition) is 4. The molecule has 0 fully saturated rings. The van der Waals surface area contributed by atoms with E-state index in [-0.39, 0.29) is 13.2 Å². The van der Waals surface area contributed by atoms with E-state index in [0.29, 0.717) is 21.7 Å². The molecule has 3 N–H and O–H groups in total. The Balaban J connectivity index is 1.79. The maximum atomic E-state index is 13.3. The Bertz CT molecular complexity index is 609. The zero-order chi connectivity index (χ0) is 15.2. The molecule has 1 unspecified atom stereocenters. The molecule has 2 rings (SSSR count). The van der Waals surface area contributed by atoms with Crippen LogP contribution in [0, 0.1) is 5.82 Å². The molecule has 0 spiro atoms. The monoisotopic (exact) mass is 355 g/mol. The summed E-state index contributed by atoms with van der Waals surface area (Å²) < 4.78 is 24.3. The first-order chi connectivity index (χ1) is 10.0. The molecule has 0 saturated heterocycles.